The Hall–Kier alpha value is -1.14. The zero-order valence-electron chi connectivity index (χ0n) is 9.88. The van der Waals surface area contributed by atoms with E-state index in [-0.39, 0.29) is 16.5 Å². The minimum absolute atomic E-state index is 0.0157. The Morgan fingerprint density at radius 1 is 1.35 bits per heavy atom. The standard InChI is InChI=1S/C11H16N2O3S/c1-8-5-9(2)13(7-8)17(15,16)10-3-4-11(14)12-6-10/h3-4,6,8-9H,5,7H2,1-2H3,(H,12,14). The molecule has 0 aromatic carbocycles. The molecule has 0 bridgehead atoms. The van der Waals surface area contributed by atoms with Gasteiger partial charge >= 0.3 is 0 Å². The van der Waals surface area contributed by atoms with Crippen molar-refractivity contribution in [2.24, 2.45) is 5.92 Å². The molecule has 2 unspecified atom stereocenters. The largest absolute Gasteiger partial charge is 0.328 e. The van der Waals surface area contributed by atoms with E-state index in [2.05, 4.69) is 4.98 Å². The lowest BCUT2D eigenvalue weighted by Crippen LogP contribution is -2.34. The highest BCUT2D eigenvalue weighted by molar-refractivity contribution is 7.89. The Kier molecular flexibility index (Phi) is 3.09. The molecule has 5 nitrogen and oxygen atoms in total. The highest BCUT2D eigenvalue weighted by Crippen LogP contribution is 2.28. The predicted octanol–water partition coefficient (Wildman–Crippen LogP) is 0.794. The second kappa shape index (κ2) is 4.27. The molecule has 2 heterocycles. The summed E-state index contributed by atoms with van der Waals surface area (Å²) in [6.45, 7) is 4.49. The maximum atomic E-state index is 12.3. The van der Waals surface area contributed by atoms with Gasteiger partial charge in [-0.1, -0.05) is 6.92 Å². The quantitative estimate of drug-likeness (QED) is 0.850. The third-order valence-corrected chi connectivity index (χ3v) is 5.07. The summed E-state index contributed by atoms with van der Waals surface area (Å²) < 4.78 is 26.1. The fraction of sp³-hybridized carbons (Fsp3) is 0.545. The molecule has 0 aliphatic carbocycles. The Bertz CT molecular complexity index is 544. The fourth-order valence-corrected chi connectivity index (χ4v) is 4.02. The zero-order chi connectivity index (χ0) is 12.6. The molecule has 1 aromatic rings. The molecule has 2 rings (SSSR count). The van der Waals surface area contributed by atoms with Gasteiger partial charge in [-0.25, -0.2) is 8.42 Å². The molecule has 94 valence electrons. The predicted molar refractivity (Wildman–Crippen MR) is 64.2 cm³/mol. The van der Waals surface area contributed by atoms with Gasteiger partial charge in [0, 0.05) is 24.8 Å². The average Bonchev–Trinajstić information content (AvgIpc) is 2.59. The number of rotatable bonds is 2. The van der Waals surface area contributed by atoms with Crippen molar-refractivity contribution in [2.45, 2.75) is 31.2 Å². The molecule has 1 N–H and O–H groups in total. The first kappa shape index (κ1) is 12.3. The number of aromatic amines is 1. The molecular formula is C11H16N2O3S. The van der Waals surface area contributed by atoms with Crippen molar-refractivity contribution in [1.82, 2.24) is 9.29 Å². The highest BCUT2D eigenvalue weighted by atomic mass is 32.2. The molecule has 1 aliphatic heterocycles. The van der Waals surface area contributed by atoms with E-state index in [1.165, 1.54) is 22.6 Å². The number of nitrogens with zero attached hydrogens (tertiary/aromatic N) is 1. The molecule has 2 atom stereocenters. The van der Waals surface area contributed by atoms with Crippen LogP contribution in [0.4, 0.5) is 0 Å². The van der Waals surface area contributed by atoms with Gasteiger partial charge in [-0.3, -0.25) is 4.79 Å². The molecule has 1 saturated heterocycles. The van der Waals surface area contributed by atoms with Crippen molar-refractivity contribution < 1.29 is 8.42 Å². The summed E-state index contributed by atoms with van der Waals surface area (Å²) >= 11 is 0. The van der Waals surface area contributed by atoms with Crippen LogP contribution in [-0.2, 0) is 10.0 Å². The average molecular weight is 256 g/mol. The van der Waals surface area contributed by atoms with E-state index >= 15 is 0 Å². The van der Waals surface area contributed by atoms with E-state index in [1.54, 1.807) is 0 Å². The van der Waals surface area contributed by atoms with Gasteiger partial charge in [-0.2, -0.15) is 4.31 Å². The normalized spacial score (nSPS) is 26.2. The molecule has 1 fully saturated rings. The van der Waals surface area contributed by atoms with E-state index in [0.717, 1.165) is 6.42 Å². The molecule has 0 radical (unpaired) electrons. The molecule has 0 amide bonds. The summed E-state index contributed by atoms with van der Waals surface area (Å²) in [6, 6.07) is 2.60. The first-order valence-corrected chi connectivity index (χ1v) is 7.06. The molecule has 1 aliphatic rings. The van der Waals surface area contributed by atoms with Gasteiger partial charge in [0.25, 0.3) is 0 Å². The van der Waals surface area contributed by atoms with Gasteiger partial charge in [0.15, 0.2) is 0 Å². The number of hydrogen-bond donors (Lipinski definition) is 1. The summed E-state index contributed by atoms with van der Waals surface area (Å²) in [5, 5.41) is 0. The van der Waals surface area contributed by atoms with E-state index in [1.807, 2.05) is 13.8 Å². The summed E-state index contributed by atoms with van der Waals surface area (Å²) in [4.78, 5) is 13.5. The fourth-order valence-electron chi connectivity index (χ4n) is 2.29. The van der Waals surface area contributed by atoms with Crippen LogP contribution >= 0.6 is 0 Å². The van der Waals surface area contributed by atoms with Crippen molar-refractivity contribution in [1.29, 1.82) is 0 Å². The lowest BCUT2D eigenvalue weighted by molar-refractivity contribution is 0.405. The Labute approximate surface area is 101 Å². The van der Waals surface area contributed by atoms with E-state index in [4.69, 9.17) is 0 Å². The van der Waals surface area contributed by atoms with Gasteiger partial charge in [-0.05, 0) is 25.3 Å². The second-order valence-corrected chi connectivity index (χ2v) is 6.54. The topological polar surface area (TPSA) is 70.2 Å². The molecule has 1 aromatic heterocycles. The van der Waals surface area contributed by atoms with E-state index in [0.29, 0.717) is 12.5 Å². The number of H-pyrrole nitrogens is 1. The van der Waals surface area contributed by atoms with Gasteiger partial charge in [-0.15, -0.1) is 0 Å². The van der Waals surface area contributed by atoms with E-state index < -0.39 is 10.0 Å². The second-order valence-electron chi connectivity index (χ2n) is 4.65. The SMILES string of the molecule is CC1CC(C)N(S(=O)(=O)c2ccc(=O)[nH]c2)C1. The third kappa shape index (κ3) is 2.28. The van der Waals surface area contributed by atoms with Crippen molar-refractivity contribution >= 4 is 10.0 Å². The molecule has 17 heavy (non-hydrogen) atoms. The maximum Gasteiger partial charge on any atom is 0.247 e. The molecule has 0 spiro atoms. The van der Waals surface area contributed by atoms with Gasteiger partial charge in [0.1, 0.15) is 0 Å². The minimum Gasteiger partial charge on any atom is -0.328 e. The van der Waals surface area contributed by atoms with Crippen LogP contribution in [0.3, 0.4) is 0 Å². The van der Waals surface area contributed by atoms with Crippen LogP contribution < -0.4 is 5.56 Å². The van der Waals surface area contributed by atoms with E-state index in [9.17, 15) is 13.2 Å². The number of nitrogens with one attached hydrogen (secondary N) is 1. The van der Waals surface area contributed by atoms with Crippen LogP contribution in [0.2, 0.25) is 0 Å². The minimum atomic E-state index is -3.47. The number of aromatic nitrogens is 1. The van der Waals surface area contributed by atoms with Crippen molar-refractivity contribution in [3.63, 3.8) is 0 Å². The maximum absolute atomic E-state index is 12.3. The third-order valence-electron chi connectivity index (χ3n) is 3.09. The van der Waals surface area contributed by atoms with Crippen molar-refractivity contribution in [3.8, 4) is 0 Å². The van der Waals surface area contributed by atoms with Crippen molar-refractivity contribution in [3.05, 3.63) is 28.7 Å². The van der Waals surface area contributed by atoms with Crippen LogP contribution in [0.5, 0.6) is 0 Å². The first-order valence-electron chi connectivity index (χ1n) is 5.62. The summed E-state index contributed by atoms with van der Waals surface area (Å²) in [5.74, 6) is 0.377. The van der Waals surface area contributed by atoms with Crippen molar-refractivity contribution in [2.75, 3.05) is 6.54 Å². The van der Waals surface area contributed by atoms with Crippen LogP contribution in [0.25, 0.3) is 0 Å². The van der Waals surface area contributed by atoms with Crippen LogP contribution in [-0.4, -0.2) is 30.3 Å². The Morgan fingerprint density at radius 2 is 2.06 bits per heavy atom. The smallest absolute Gasteiger partial charge is 0.247 e. The lowest BCUT2D eigenvalue weighted by atomic mass is 10.1. The first-order chi connectivity index (χ1) is 7.91. The van der Waals surface area contributed by atoms with Crippen LogP contribution in [0.1, 0.15) is 20.3 Å². The number of hydrogen-bond acceptors (Lipinski definition) is 3. The summed E-state index contributed by atoms with van der Waals surface area (Å²) in [7, 11) is -3.47. The Morgan fingerprint density at radius 3 is 2.53 bits per heavy atom. The number of pyridine rings is 1. The molecule has 0 saturated carbocycles. The van der Waals surface area contributed by atoms with Crippen LogP contribution in [0.15, 0.2) is 28.0 Å². The van der Waals surface area contributed by atoms with Gasteiger partial charge < -0.3 is 4.98 Å². The summed E-state index contributed by atoms with van der Waals surface area (Å²) in [6.07, 6.45) is 2.13. The van der Waals surface area contributed by atoms with Gasteiger partial charge in [0.05, 0.1) is 4.90 Å². The molecular weight excluding hydrogens is 240 g/mol. The van der Waals surface area contributed by atoms with Gasteiger partial charge in [0.2, 0.25) is 15.6 Å². The Balaban J connectivity index is 2.37. The van der Waals surface area contributed by atoms with Crippen LogP contribution in [0, 0.1) is 5.92 Å². The summed E-state index contributed by atoms with van der Waals surface area (Å²) in [5.41, 5.74) is -0.299. The zero-order valence-corrected chi connectivity index (χ0v) is 10.7. The lowest BCUT2D eigenvalue weighted by Gasteiger charge is -2.20. The highest BCUT2D eigenvalue weighted by Gasteiger charge is 2.35. The molecule has 6 heteroatoms. The monoisotopic (exact) mass is 256 g/mol. The number of sulfonamides is 1.